The Kier molecular flexibility index (Phi) is 5.20. The Bertz CT molecular complexity index is 1130. The number of imidazole rings is 1. The zero-order chi connectivity index (χ0) is 19.2. The summed E-state index contributed by atoms with van der Waals surface area (Å²) < 4.78 is 2.05. The predicted octanol–water partition coefficient (Wildman–Crippen LogP) is 5.53. The van der Waals surface area contributed by atoms with Crippen LogP contribution < -0.4 is 5.43 Å². The highest BCUT2D eigenvalue weighted by atomic mass is 15.3. The summed E-state index contributed by atoms with van der Waals surface area (Å²) in [6.45, 7) is 2.69. The van der Waals surface area contributed by atoms with Crippen LogP contribution in [0.5, 0.6) is 0 Å². The molecule has 6 nitrogen and oxygen atoms in total. The Morgan fingerprint density at radius 1 is 0.929 bits per heavy atom. The molecule has 0 atom stereocenters. The van der Waals surface area contributed by atoms with Crippen molar-refractivity contribution < 1.29 is 0 Å². The fraction of sp³-hybridized carbons (Fsp3) is 0.0909. The van der Waals surface area contributed by atoms with Crippen molar-refractivity contribution in [3.05, 3.63) is 90.0 Å². The third kappa shape index (κ3) is 3.96. The van der Waals surface area contributed by atoms with Crippen molar-refractivity contribution in [2.24, 2.45) is 15.3 Å². The van der Waals surface area contributed by atoms with Gasteiger partial charge in [-0.25, -0.2) is 4.98 Å². The van der Waals surface area contributed by atoms with Gasteiger partial charge in [0, 0.05) is 0 Å². The van der Waals surface area contributed by atoms with E-state index in [1.165, 1.54) is 11.9 Å². The number of azo groups is 1. The van der Waals surface area contributed by atoms with Crippen LogP contribution in [0.1, 0.15) is 11.1 Å². The minimum absolute atomic E-state index is 0.549. The monoisotopic (exact) mass is 368 g/mol. The maximum atomic E-state index is 4.60. The molecule has 1 aromatic heterocycles. The van der Waals surface area contributed by atoms with E-state index < -0.39 is 0 Å². The predicted molar refractivity (Wildman–Crippen MR) is 113 cm³/mol. The summed E-state index contributed by atoms with van der Waals surface area (Å²) in [7, 11) is 0. The Labute approximate surface area is 163 Å². The van der Waals surface area contributed by atoms with Gasteiger partial charge >= 0.3 is 0 Å². The largest absolute Gasteiger partial charge is 0.303 e. The molecule has 0 aliphatic carbocycles. The molecule has 0 amide bonds. The second kappa shape index (κ2) is 8.26. The molecule has 28 heavy (non-hydrogen) atoms. The van der Waals surface area contributed by atoms with Crippen LogP contribution in [0.15, 0.2) is 94.2 Å². The summed E-state index contributed by atoms with van der Waals surface area (Å²) in [6.07, 6.45) is 1.39. The van der Waals surface area contributed by atoms with Crippen molar-refractivity contribution in [2.45, 2.75) is 13.5 Å². The standard InChI is InChI=1S/C22H20N6/c1-17-9-5-6-12-19(17)26-23-16-24-27-22-25-20-13-7-8-14-21(20)28(22)15-18-10-3-2-4-11-18/h2-14,16,26H,15H2,1H3. The van der Waals surface area contributed by atoms with Crippen molar-refractivity contribution in [3.8, 4) is 0 Å². The third-order valence-corrected chi connectivity index (χ3v) is 4.40. The molecule has 4 rings (SSSR count). The van der Waals surface area contributed by atoms with E-state index in [4.69, 9.17) is 0 Å². The number of fused-ring (bicyclic) bond motifs is 1. The van der Waals surface area contributed by atoms with Gasteiger partial charge < -0.3 is 4.57 Å². The molecular weight excluding hydrogens is 348 g/mol. The molecule has 0 fully saturated rings. The summed E-state index contributed by atoms with van der Waals surface area (Å²) in [5, 5.41) is 12.5. The number of anilines is 1. The Morgan fingerprint density at radius 3 is 2.54 bits per heavy atom. The van der Waals surface area contributed by atoms with Gasteiger partial charge in [-0.15, -0.1) is 10.2 Å². The Morgan fingerprint density at radius 2 is 1.68 bits per heavy atom. The Hall–Kier alpha value is -3.80. The molecule has 0 unspecified atom stereocenters. The number of rotatable bonds is 6. The van der Waals surface area contributed by atoms with Crippen molar-refractivity contribution >= 4 is 29.0 Å². The van der Waals surface area contributed by atoms with Gasteiger partial charge in [-0.2, -0.15) is 5.10 Å². The Balaban J connectivity index is 1.56. The van der Waals surface area contributed by atoms with Gasteiger partial charge in [0.2, 0.25) is 0 Å². The molecule has 0 radical (unpaired) electrons. The van der Waals surface area contributed by atoms with Crippen LogP contribution in [-0.4, -0.2) is 15.9 Å². The van der Waals surface area contributed by atoms with E-state index in [9.17, 15) is 0 Å². The minimum Gasteiger partial charge on any atom is -0.303 e. The molecule has 1 N–H and O–H groups in total. The molecule has 6 heteroatoms. The topological polar surface area (TPSA) is 66.9 Å². The molecule has 0 bridgehead atoms. The number of hydrogen-bond donors (Lipinski definition) is 1. The van der Waals surface area contributed by atoms with Crippen molar-refractivity contribution in [3.63, 3.8) is 0 Å². The van der Waals surface area contributed by atoms with E-state index in [0.717, 1.165) is 22.3 Å². The fourth-order valence-corrected chi connectivity index (χ4v) is 2.96. The highest BCUT2D eigenvalue weighted by Gasteiger charge is 2.10. The number of benzene rings is 3. The zero-order valence-corrected chi connectivity index (χ0v) is 15.5. The highest BCUT2D eigenvalue weighted by Crippen LogP contribution is 2.23. The number of aromatic nitrogens is 2. The lowest BCUT2D eigenvalue weighted by atomic mass is 10.2. The second-order valence-corrected chi connectivity index (χ2v) is 6.36. The van der Waals surface area contributed by atoms with E-state index >= 15 is 0 Å². The summed E-state index contributed by atoms with van der Waals surface area (Å²) in [4.78, 5) is 4.60. The van der Waals surface area contributed by atoms with Crippen molar-refractivity contribution in [2.75, 3.05) is 5.43 Å². The first kappa shape index (κ1) is 17.6. The lowest BCUT2D eigenvalue weighted by Gasteiger charge is -2.06. The fourth-order valence-electron chi connectivity index (χ4n) is 2.96. The van der Waals surface area contributed by atoms with Gasteiger partial charge in [0.25, 0.3) is 5.95 Å². The SMILES string of the molecule is Cc1ccccc1NN=CN=Nc1nc2ccccc2n1Cc1ccccc1. The van der Waals surface area contributed by atoms with Gasteiger partial charge in [0.1, 0.15) is 0 Å². The number of hydrazone groups is 1. The van der Waals surface area contributed by atoms with Gasteiger partial charge in [-0.3, -0.25) is 5.43 Å². The first-order valence-electron chi connectivity index (χ1n) is 9.04. The molecule has 0 spiro atoms. The van der Waals surface area contributed by atoms with Crippen LogP contribution >= 0.6 is 0 Å². The molecule has 0 aliphatic rings. The van der Waals surface area contributed by atoms with Gasteiger partial charge in [-0.05, 0) is 36.2 Å². The van der Waals surface area contributed by atoms with E-state index in [-0.39, 0.29) is 0 Å². The molecule has 0 saturated heterocycles. The number of para-hydroxylation sites is 3. The number of hydrogen-bond acceptors (Lipinski definition) is 4. The maximum absolute atomic E-state index is 4.60. The van der Waals surface area contributed by atoms with Crippen LogP contribution in [-0.2, 0) is 6.54 Å². The number of nitrogens with one attached hydrogen (secondary N) is 1. The van der Waals surface area contributed by atoms with Crippen LogP contribution in [0, 0.1) is 6.92 Å². The average Bonchev–Trinajstić information content (AvgIpc) is 3.07. The van der Waals surface area contributed by atoms with Gasteiger partial charge in [0.05, 0.1) is 23.3 Å². The van der Waals surface area contributed by atoms with Crippen LogP contribution in [0.2, 0.25) is 0 Å². The molecule has 3 aromatic carbocycles. The zero-order valence-electron chi connectivity index (χ0n) is 15.5. The number of nitrogens with zero attached hydrogens (tertiary/aromatic N) is 5. The number of aryl methyl sites for hydroxylation is 1. The van der Waals surface area contributed by atoms with Gasteiger partial charge in [-0.1, -0.05) is 60.7 Å². The maximum Gasteiger partial charge on any atom is 0.250 e. The summed E-state index contributed by atoms with van der Waals surface area (Å²) in [6, 6.07) is 26.1. The average molecular weight is 368 g/mol. The minimum atomic E-state index is 0.549. The molecule has 4 aromatic rings. The lowest BCUT2D eigenvalue weighted by molar-refractivity contribution is 0.818. The van der Waals surface area contributed by atoms with Crippen LogP contribution in [0.3, 0.4) is 0 Å². The summed E-state index contributed by atoms with van der Waals surface area (Å²) in [5.74, 6) is 0.549. The summed E-state index contributed by atoms with van der Waals surface area (Å²) in [5.41, 5.74) is 8.11. The van der Waals surface area contributed by atoms with Crippen molar-refractivity contribution in [1.82, 2.24) is 9.55 Å². The second-order valence-electron chi connectivity index (χ2n) is 6.36. The first-order chi connectivity index (χ1) is 13.8. The lowest BCUT2D eigenvalue weighted by Crippen LogP contribution is -1.98. The van der Waals surface area contributed by atoms with E-state index in [1.54, 1.807) is 0 Å². The molecule has 1 heterocycles. The first-order valence-corrected chi connectivity index (χ1v) is 9.04. The molecular formula is C22H20N6. The molecule has 0 saturated carbocycles. The smallest absolute Gasteiger partial charge is 0.250 e. The molecule has 0 aliphatic heterocycles. The van der Waals surface area contributed by atoms with E-state index in [1.807, 2.05) is 73.7 Å². The van der Waals surface area contributed by atoms with E-state index in [2.05, 4.69) is 42.4 Å². The van der Waals surface area contributed by atoms with Crippen molar-refractivity contribution in [1.29, 1.82) is 0 Å². The van der Waals surface area contributed by atoms with E-state index in [0.29, 0.717) is 12.5 Å². The summed E-state index contributed by atoms with van der Waals surface area (Å²) >= 11 is 0. The van der Waals surface area contributed by atoms with Crippen LogP contribution in [0.4, 0.5) is 11.6 Å². The normalized spacial score (nSPS) is 11.6. The quantitative estimate of drug-likeness (QED) is 0.210. The van der Waals surface area contributed by atoms with Crippen LogP contribution in [0.25, 0.3) is 11.0 Å². The molecule has 138 valence electrons. The highest BCUT2D eigenvalue weighted by molar-refractivity contribution is 5.78. The van der Waals surface area contributed by atoms with Gasteiger partial charge in [0.15, 0.2) is 6.34 Å². The third-order valence-electron chi connectivity index (χ3n) is 4.40.